The molecular weight excluding hydrogens is 394 g/mol. The quantitative estimate of drug-likeness (QED) is 0.413. The topological polar surface area (TPSA) is 56.8 Å². The van der Waals surface area contributed by atoms with Gasteiger partial charge in [-0.3, -0.25) is 0 Å². The van der Waals surface area contributed by atoms with Gasteiger partial charge in [0.1, 0.15) is 5.60 Å². The van der Waals surface area contributed by atoms with Crippen molar-refractivity contribution in [2.24, 2.45) is 0 Å². The van der Waals surface area contributed by atoms with Gasteiger partial charge in [0.25, 0.3) is 0 Å². The van der Waals surface area contributed by atoms with Crippen LogP contribution in [0.2, 0.25) is 16.6 Å². The normalized spacial score (nSPS) is 13.7. The highest BCUT2D eigenvalue weighted by atomic mass is 28.4. The van der Waals surface area contributed by atoms with E-state index in [9.17, 15) is 4.79 Å². The van der Waals surface area contributed by atoms with Gasteiger partial charge in [-0.05, 0) is 43.0 Å². The van der Waals surface area contributed by atoms with Crippen LogP contribution in [-0.2, 0) is 20.5 Å². The smallest absolute Gasteiger partial charge is 0.407 e. The van der Waals surface area contributed by atoms with E-state index in [0.717, 1.165) is 5.56 Å². The molecule has 1 atom stereocenters. The predicted molar refractivity (Wildman–Crippen MR) is 126 cm³/mol. The molecule has 0 aliphatic heterocycles. The maximum atomic E-state index is 12.1. The van der Waals surface area contributed by atoms with Crippen LogP contribution >= 0.6 is 0 Å². The predicted octanol–water partition coefficient (Wildman–Crippen LogP) is 6.29. The molecule has 6 heteroatoms. The molecule has 0 saturated heterocycles. The van der Waals surface area contributed by atoms with E-state index in [1.54, 1.807) is 0 Å². The van der Waals surface area contributed by atoms with Crippen molar-refractivity contribution in [1.29, 1.82) is 0 Å². The van der Waals surface area contributed by atoms with Gasteiger partial charge in [-0.2, -0.15) is 0 Å². The Hall–Kier alpha value is -1.37. The molecule has 30 heavy (non-hydrogen) atoms. The molecule has 0 aliphatic carbocycles. The van der Waals surface area contributed by atoms with E-state index in [1.165, 1.54) is 0 Å². The number of benzene rings is 1. The summed E-state index contributed by atoms with van der Waals surface area (Å²) in [7, 11) is -2.02. The van der Waals surface area contributed by atoms with Crippen LogP contribution in [0.15, 0.2) is 30.3 Å². The van der Waals surface area contributed by atoms with Crippen molar-refractivity contribution in [2.45, 2.75) is 97.2 Å². The molecule has 0 bridgehead atoms. The Kier molecular flexibility index (Phi) is 10.5. The fourth-order valence-corrected chi connectivity index (χ4v) is 9.68. The Balaban J connectivity index is 2.86. The number of hydrogen-bond acceptors (Lipinski definition) is 4. The zero-order chi connectivity index (χ0) is 22.9. The average Bonchev–Trinajstić information content (AvgIpc) is 2.62. The van der Waals surface area contributed by atoms with Crippen molar-refractivity contribution in [3.8, 4) is 0 Å². The zero-order valence-corrected chi connectivity index (χ0v) is 21.5. The Bertz CT molecular complexity index is 604. The molecule has 0 radical (unpaired) electrons. The molecule has 0 saturated carbocycles. The lowest BCUT2D eigenvalue weighted by molar-refractivity contribution is 0.00167. The molecule has 0 unspecified atom stereocenters. The van der Waals surface area contributed by atoms with Crippen molar-refractivity contribution in [2.75, 3.05) is 13.2 Å². The summed E-state index contributed by atoms with van der Waals surface area (Å²) in [6.07, 6.45) is -0.684. The number of hydrogen-bond donors (Lipinski definition) is 1. The monoisotopic (exact) mass is 437 g/mol. The third kappa shape index (κ3) is 8.40. The van der Waals surface area contributed by atoms with Crippen LogP contribution in [0.1, 0.15) is 67.9 Å². The van der Waals surface area contributed by atoms with E-state index in [1.807, 2.05) is 51.1 Å². The molecule has 0 heterocycles. The minimum Gasteiger partial charge on any atom is -0.444 e. The maximum Gasteiger partial charge on any atom is 0.407 e. The van der Waals surface area contributed by atoms with Crippen LogP contribution in [0.5, 0.6) is 0 Å². The van der Waals surface area contributed by atoms with Crippen molar-refractivity contribution in [1.82, 2.24) is 5.32 Å². The Morgan fingerprint density at radius 1 is 0.967 bits per heavy atom. The van der Waals surface area contributed by atoms with Crippen LogP contribution < -0.4 is 5.32 Å². The van der Waals surface area contributed by atoms with Gasteiger partial charge >= 0.3 is 6.09 Å². The first-order valence-corrected chi connectivity index (χ1v) is 13.3. The molecule has 1 rings (SSSR count). The summed E-state index contributed by atoms with van der Waals surface area (Å²) in [5, 5.41) is 2.85. The molecule has 0 aromatic heterocycles. The zero-order valence-electron chi connectivity index (χ0n) is 20.5. The van der Waals surface area contributed by atoms with E-state index >= 15 is 0 Å². The average molecular weight is 438 g/mol. The molecule has 0 spiro atoms. The van der Waals surface area contributed by atoms with Crippen LogP contribution in [0, 0.1) is 0 Å². The third-order valence-corrected chi connectivity index (χ3v) is 11.5. The summed E-state index contributed by atoms with van der Waals surface area (Å²) in [4.78, 5) is 12.1. The highest BCUT2D eigenvalue weighted by molar-refractivity contribution is 6.77. The first-order valence-electron chi connectivity index (χ1n) is 11.1. The Labute approximate surface area is 185 Å². The van der Waals surface area contributed by atoms with Gasteiger partial charge in [0.15, 0.2) is 8.32 Å². The Morgan fingerprint density at radius 2 is 1.50 bits per heavy atom. The fourth-order valence-electron chi connectivity index (χ4n) is 4.20. The molecule has 172 valence electrons. The highest BCUT2D eigenvalue weighted by Crippen LogP contribution is 2.42. The van der Waals surface area contributed by atoms with Gasteiger partial charge in [0, 0.05) is 6.54 Å². The lowest BCUT2D eigenvalue weighted by Gasteiger charge is -2.43. The number of alkyl carbamates (subject to hydrolysis) is 1. The molecule has 1 aromatic carbocycles. The molecule has 0 aliphatic rings. The van der Waals surface area contributed by atoms with Gasteiger partial charge < -0.3 is 19.2 Å². The number of amides is 1. The van der Waals surface area contributed by atoms with Crippen molar-refractivity contribution in [3.05, 3.63) is 35.9 Å². The number of rotatable bonds is 11. The van der Waals surface area contributed by atoms with Gasteiger partial charge in [0.2, 0.25) is 0 Å². The van der Waals surface area contributed by atoms with Crippen molar-refractivity contribution < 1.29 is 18.7 Å². The van der Waals surface area contributed by atoms with Gasteiger partial charge in [0.05, 0.1) is 19.3 Å². The molecule has 0 fully saturated rings. The minimum absolute atomic E-state index is 0.249. The molecular formula is C24H43NO4Si. The van der Waals surface area contributed by atoms with E-state index in [0.29, 0.717) is 36.4 Å². The highest BCUT2D eigenvalue weighted by Gasteiger charge is 2.45. The summed E-state index contributed by atoms with van der Waals surface area (Å²) >= 11 is 0. The van der Waals surface area contributed by atoms with Crippen LogP contribution in [0.25, 0.3) is 0 Å². The maximum absolute atomic E-state index is 12.1. The fraction of sp³-hybridized carbons (Fsp3) is 0.708. The lowest BCUT2D eigenvalue weighted by atomic mass is 10.2. The summed E-state index contributed by atoms with van der Waals surface area (Å²) in [5.41, 5.74) is 2.04. The molecule has 1 N–H and O–H groups in total. The molecule has 1 amide bonds. The van der Waals surface area contributed by atoms with E-state index in [-0.39, 0.29) is 6.10 Å². The van der Waals surface area contributed by atoms with Gasteiger partial charge in [-0.1, -0.05) is 71.9 Å². The van der Waals surface area contributed by atoms with Crippen LogP contribution in [-0.4, -0.2) is 39.3 Å². The summed E-state index contributed by atoms with van der Waals surface area (Å²) < 4.78 is 18.3. The second kappa shape index (κ2) is 11.9. The van der Waals surface area contributed by atoms with Crippen molar-refractivity contribution in [3.63, 3.8) is 0 Å². The standard InChI is InChI=1S/C24H43NO4Si/c1-18(2)30(19(3)4,20(5)6)28-17-22(15-25-23(26)29-24(7,8)9)27-16-21-13-11-10-12-14-21/h10-14,18-20,22H,15-17H2,1-9H3,(H,25,26)/t22-/m0/s1. The second-order valence-electron chi connectivity index (χ2n) is 9.93. The van der Waals surface area contributed by atoms with Crippen LogP contribution in [0.4, 0.5) is 4.79 Å². The SMILES string of the molecule is CC(C)[Si](OC[C@H](CNC(=O)OC(C)(C)C)OCc1ccccc1)(C(C)C)C(C)C. The lowest BCUT2D eigenvalue weighted by Crippen LogP contribution is -2.50. The van der Waals surface area contributed by atoms with Crippen molar-refractivity contribution >= 4 is 14.4 Å². The summed E-state index contributed by atoms with van der Waals surface area (Å²) in [5.74, 6) is 0. The van der Waals surface area contributed by atoms with Gasteiger partial charge in [-0.25, -0.2) is 4.79 Å². The largest absolute Gasteiger partial charge is 0.444 e. The number of ether oxygens (including phenoxy) is 2. The molecule has 1 aromatic rings. The number of carbonyl (C=O) groups is 1. The molecule has 5 nitrogen and oxygen atoms in total. The first kappa shape index (κ1) is 26.7. The second-order valence-corrected chi connectivity index (χ2v) is 15.4. The number of carbonyl (C=O) groups excluding carboxylic acids is 1. The third-order valence-electron chi connectivity index (χ3n) is 5.43. The van der Waals surface area contributed by atoms with E-state index < -0.39 is 20.0 Å². The summed E-state index contributed by atoms with van der Waals surface area (Å²) in [6.45, 7) is 20.5. The summed E-state index contributed by atoms with van der Waals surface area (Å²) in [6, 6.07) is 10.1. The Morgan fingerprint density at radius 3 is 1.97 bits per heavy atom. The minimum atomic E-state index is -2.02. The van der Waals surface area contributed by atoms with Gasteiger partial charge in [-0.15, -0.1) is 0 Å². The van der Waals surface area contributed by atoms with E-state index in [2.05, 4.69) is 46.9 Å². The van der Waals surface area contributed by atoms with E-state index in [4.69, 9.17) is 13.9 Å². The number of nitrogens with one attached hydrogen (secondary N) is 1. The van der Waals surface area contributed by atoms with Crippen LogP contribution in [0.3, 0.4) is 0 Å². The first-order chi connectivity index (χ1) is 13.9.